The molecule has 3 N–H and O–H groups in total. The van der Waals surface area contributed by atoms with E-state index in [0.29, 0.717) is 23.3 Å². The van der Waals surface area contributed by atoms with E-state index in [9.17, 15) is 14.0 Å². The zero-order valence-electron chi connectivity index (χ0n) is 20.1. The minimum absolute atomic E-state index is 0.0787. The minimum Gasteiger partial charge on any atom is -0.397 e. The number of Topliss-reactive ketones (excluding diaryl/α,β-unsaturated/α-hetero) is 1. The van der Waals surface area contributed by atoms with Crippen LogP contribution in [0.1, 0.15) is 44.6 Å². The molecule has 6 nitrogen and oxygen atoms in total. The van der Waals surface area contributed by atoms with Gasteiger partial charge in [0.2, 0.25) is 0 Å². The number of ketones is 1. The highest BCUT2D eigenvalue weighted by atomic mass is 19.1. The number of benzene rings is 2. The lowest BCUT2D eigenvalue weighted by atomic mass is 9.75. The topological polar surface area (TPSA) is 81.7 Å². The van der Waals surface area contributed by atoms with E-state index in [1.165, 1.54) is 24.3 Å². The van der Waals surface area contributed by atoms with Crippen LogP contribution in [0.25, 0.3) is 0 Å². The van der Waals surface area contributed by atoms with Gasteiger partial charge in [-0.15, -0.1) is 0 Å². The number of hydrogen-bond donors (Lipinski definition) is 3. The molecule has 34 heavy (non-hydrogen) atoms. The van der Waals surface area contributed by atoms with Gasteiger partial charge in [0.25, 0.3) is 5.91 Å². The van der Waals surface area contributed by atoms with Crippen LogP contribution in [0.4, 0.5) is 15.8 Å². The third kappa shape index (κ3) is 5.54. The number of aliphatic hydroxyl groups excluding tert-OH is 1. The number of dihydropyridines is 1. The van der Waals surface area contributed by atoms with Gasteiger partial charge in [-0.2, -0.15) is 0 Å². The number of rotatable bonds is 4. The molecule has 1 atom stereocenters. The van der Waals surface area contributed by atoms with Gasteiger partial charge in [-0.05, 0) is 68.7 Å². The van der Waals surface area contributed by atoms with E-state index in [1.54, 1.807) is 6.92 Å². The first-order chi connectivity index (χ1) is 16.3. The van der Waals surface area contributed by atoms with Crippen molar-refractivity contribution in [2.24, 2.45) is 0 Å². The summed E-state index contributed by atoms with van der Waals surface area (Å²) >= 11 is 0. The van der Waals surface area contributed by atoms with Gasteiger partial charge in [0.15, 0.2) is 5.78 Å². The number of allylic oxidation sites excluding steroid dienone is 3. The summed E-state index contributed by atoms with van der Waals surface area (Å²) in [6.07, 6.45) is 2.08. The average Bonchev–Trinajstić information content (AvgIpc) is 2.80. The highest BCUT2D eigenvalue weighted by Crippen LogP contribution is 2.42. The standard InChI is InChI=1S/C25H26FN3O2.C2H6O/c1-15-22(25(31)28-18-11-9-17(26)10-12-18)23(16-7-13-19(14-8-16)29(2)3)24-20(27-15)5-4-6-21(24)30;1-2-3/h7-14,23,27H,4-6H2,1-3H3,(H,28,31);3H,2H2,1H3. The van der Waals surface area contributed by atoms with Crippen LogP contribution in [0.3, 0.4) is 0 Å². The second-order valence-corrected chi connectivity index (χ2v) is 8.53. The van der Waals surface area contributed by atoms with Gasteiger partial charge in [0.05, 0.1) is 0 Å². The fourth-order valence-electron chi connectivity index (χ4n) is 4.31. The number of aliphatic hydroxyl groups is 1. The Hall–Kier alpha value is -3.45. The number of nitrogens with one attached hydrogen (secondary N) is 2. The van der Waals surface area contributed by atoms with Crippen LogP contribution in [0.2, 0.25) is 0 Å². The molecule has 1 heterocycles. The lowest BCUT2D eigenvalue weighted by molar-refractivity contribution is -0.116. The summed E-state index contributed by atoms with van der Waals surface area (Å²) in [4.78, 5) is 28.3. The monoisotopic (exact) mass is 465 g/mol. The van der Waals surface area contributed by atoms with Crippen LogP contribution in [-0.2, 0) is 9.59 Å². The number of carbonyl (C=O) groups excluding carboxylic acids is 2. The smallest absolute Gasteiger partial charge is 0.254 e. The molecule has 0 aromatic heterocycles. The molecule has 1 aliphatic carbocycles. The summed E-state index contributed by atoms with van der Waals surface area (Å²) < 4.78 is 13.3. The fraction of sp³-hybridized carbons (Fsp3) is 0.333. The van der Waals surface area contributed by atoms with Crippen molar-refractivity contribution >= 4 is 23.1 Å². The number of hydrogen-bond acceptors (Lipinski definition) is 5. The van der Waals surface area contributed by atoms with Crippen LogP contribution in [0.15, 0.2) is 71.1 Å². The Morgan fingerprint density at radius 2 is 1.74 bits per heavy atom. The Bertz CT molecular complexity index is 1100. The summed E-state index contributed by atoms with van der Waals surface area (Å²) in [5.74, 6) is -1.03. The van der Waals surface area contributed by atoms with Crippen molar-refractivity contribution in [2.75, 3.05) is 30.9 Å². The van der Waals surface area contributed by atoms with Crippen molar-refractivity contribution in [3.63, 3.8) is 0 Å². The maximum absolute atomic E-state index is 13.4. The normalized spacial score (nSPS) is 17.4. The first kappa shape index (κ1) is 25.2. The van der Waals surface area contributed by atoms with E-state index in [0.717, 1.165) is 35.5 Å². The van der Waals surface area contributed by atoms with Crippen molar-refractivity contribution < 1.29 is 19.1 Å². The van der Waals surface area contributed by atoms with Gasteiger partial charge in [-0.1, -0.05) is 12.1 Å². The molecule has 0 bridgehead atoms. The summed E-state index contributed by atoms with van der Waals surface area (Å²) in [5.41, 5.74) is 5.28. The van der Waals surface area contributed by atoms with Gasteiger partial charge in [0.1, 0.15) is 5.82 Å². The number of amides is 1. The zero-order chi connectivity index (χ0) is 24.8. The first-order valence-corrected chi connectivity index (χ1v) is 11.5. The molecule has 2 aromatic rings. The van der Waals surface area contributed by atoms with Crippen LogP contribution < -0.4 is 15.5 Å². The molecular weight excluding hydrogens is 433 g/mol. The maximum atomic E-state index is 13.4. The molecule has 2 aliphatic rings. The summed E-state index contributed by atoms with van der Waals surface area (Å²) in [7, 11) is 3.94. The molecule has 1 aliphatic heterocycles. The van der Waals surface area contributed by atoms with E-state index >= 15 is 0 Å². The zero-order valence-corrected chi connectivity index (χ0v) is 20.1. The van der Waals surface area contributed by atoms with Gasteiger partial charge in [-0.25, -0.2) is 4.39 Å². The average molecular weight is 466 g/mol. The van der Waals surface area contributed by atoms with E-state index in [4.69, 9.17) is 5.11 Å². The van der Waals surface area contributed by atoms with Crippen LogP contribution in [0.5, 0.6) is 0 Å². The Balaban J connectivity index is 0.00000103. The molecule has 1 unspecified atom stereocenters. The van der Waals surface area contributed by atoms with Crippen molar-refractivity contribution in [3.8, 4) is 0 Å². The Morgan fingerprint density at radius 3 is 2.32 bits per heavy atom. The first-order valence-electron chi connectivity index (χ1n) is 11.5. The molecule has 2 aromatic carbocycles. The molecule has 0 spiro atoms. The molecule has 4 rings (SSSR count). The molecule has 0 saturated heterocycles. The second-order valence-electron chi connectivity index (χ2n) is 8.53. The Morgan fingerprint density at radius 1 is 1.12 bits per heavy atom. The largest absolute Gasteiger partial charge is 0.397 e. The van der Waals surface area contributed by atoms with Gasteiger partial charge < -0.3 is 20.6 Å². The van der Waals surface area contributed by atoms with E-state index in [1.807, 2.05) is 50.2 Å². The number of halogens is 1. The summed E-state index contributed by atoms with van der Waals surface area (Å²) in [6.45, 7) is 3.80. The number of carbonyl (C=O) groups is 2. The quantitative estimate of drug-likeness (QED) is 0.620. The molecule has 7 heteroatoms. The highest BCUT2D eigenvalue weighted by Gasteiger charge is 2.38. The molecule has 0 saturated carbocycles. The summed E-state index contributed by atoms with van der Waals surface area (Å²) in [6, 6.07) is 13.6. The summed E-state index contributed by atoms with van der Waals surface area (Å²) in [5, 5.41) is 13.7. The lowest BCUT2D eigenvalue weighted by Gasteiger charge is -2.34. The Kier molecular flexibility index (Phi) is 8.23. The van der Waals surface area contributed by atoms with E-state index in [2.05, 4.69) is 10.6 Å². The second kappa shape index (κ2) is 11.1. The third-order valence-corrected chi connectivity index (χ3v) is 5.87. The van der Waals surface area contributed by atoms with Crippen molar-refractivity contribution in [1.82, 2.24) is 5.32 Å². The fourth-order valence-corrected chi connectivity index (χ4v) is 4.31. The number of anilines is 2. The van der Waals surface area contributed by atoms with Gasteiger partial charge in [0, 0.05) is 67.0 Å². The maximum Gasteiger partial charge on any atom is 0.254 e. The van der Waals surface area contributed by atoms with E-state index in [-0.39, 0.29) is 24.1 Å². The lowest BCUT2D eigenvalue weighted by Crippen LogP contribution is -2.35. The number of nitrogens with zero attached hydrogens (tertiary/aromatic N) is 1. The minimum atomic E-state index is -0.444. The molecule has 1 amide bonds. The van der Waals surface area contributed by atoms with Crippen molar-refractivity contribution in [1.29, 1.82) is 0 Å². The van der Waals surface area contributed by atoms with Crippen LogP contribution >= 0.6 is 0 Å². The van der Waals surface area contributed by atoms with Crippen LogP contribution in [-0.4, -0.2) is 37.5 Å². The highest BCUT2D eigenvalue weighted by molar-refractivity contribution is 6.09. The predicted molar refractivity (Wildman–Crippen MR) is 133 cm³/mol. The molecule has 0 fully saturated rings. The Labute approximate surface area is 200 Å². The van der Waals surface area contributed by atoms with E-state index < -0.39 is 5.92 Å². The SMILES string of the molecule is CC1=C(C(=O)Nc2ccc(F)cc2)C(c2ccc(N(C)C)cc2)C2=C(CCCC2=O)N1.CCO. The van der Waals surface area contributed by atoms with Gasteiger partial charge >= 0.3 is 0 Å². The molecule has 0 radical (unpaired) electrons. The molecule has 180 valence electrons. The third-order valence-electron chi connectivity index (χ3n) is 5.87. The van der Waals surface area contributed by atoms with Gasteiger partial charge in [-0.3, -0.25) is 9.59 Å². The predicted octanol–water partition coefficient (Wildman–Crippen LogP) is 4.50. The van der Waals surface area contributed by atoms with Crippen LogP contribution in [0, 0.1) is 5.82 Å². The van der Waals surface area contributed by atoms with Crippen molar-refractivity contribution in [2.45, 2.75) is 39.0 Å². The van der Waals surface area contributed by atoms with Crippen molar-refractivity contribution in [3.05, 3.63) is 82.5 Å². The molecular formula is C27H32FN3O3.